The van der Waals surface area contributed by atoms with Crippen molar-refractivity contribution in [2.45, 2.75) is 0 Å². The van der Waals surface area contributed by atoms with Crippen LogP contribution in [0.5, 0.6) is 0 Å². The SMILES string of the molecule is COC(C=NNC(=O)C(N)=O)=Cc1ccccc1. The molecule has 0 bridgehead atoms. The van der Waals surface area contributed by atoms with Crippen LogP contribution in [0, 0.1) is 0 Å². The van der Waals surface area contributed by atoms with E-state index < -0.39 is 11.8 Å². The number of carbonyl (C=O) groups excluding carboxylic acids is 2. The van der Waals surface area contributed by atoms with Crippen molar-refractivity contribution in [3.8, 4) is 0 Å². The van der Waals surface area contributed by atoms with E-state index in [4.69, 9.17) is 10.5 Å². The fraction of sp³-hybridized carbons (Fsp3) is 0.0833. The molecule has 6 nitrogen and oxygen atoms in total. The van der Waals surface area contributed by atoms with Gasteiger partial charge in [-0.15, -0.1) is 0 Å². The van der Waals surface area contributed by atoms with Gasteiger partial charge in [-0.2, -0.15) is 5.10 Å². The Morgan fingerprint density at radius 2 is 2.00 bits per heavy atom. The van der Waals surface area contributed by atoms with Crippen LogP contribution in [0.3, 0.4) is 0 Å². The monoisotopic (exact) mass is 247 g/mol. The number of nitrogens with two attached hydrogens (primary N) is 1. The molecule has 0 fully saturated rings. The van der Waals surface area contributed by atoms with Crippen LogP contribution < -0.4 is 11.2 Å². The molecule has 0 atom stereocenters. The predicted molar refractivity (Wildman–Crippen MR) is 67.3 cm³/mol. The zero-order valence-electron chi connectivity index (χ0n) is 9.79. The molecule has 0 saturated heterocycles. The Morgan fingerprint density at radius 1 is 1.33 bits per heavy atom. The molecule has 94 valence electrons. The van der Waals surface area contributed by atoms with Crippen molar-refractivity contribution in [2.24, 2.45) is 10.8 Å². The van der Waals surface area contributed by atoms with Gasteiger partial charge in [0.05, 0.1) is 13.3 Å². The van der Waals surface area contributed by atoms with Crippen LogP contribution in [0.4, 0.5) is 0 Å². The Kier molecular flexibility index (Phi) is 5.11. The molecule has 2 amide bonds. The summed E-state index contributed by atoms with van der Waals surface area (Å²) >= 11 is 0. The van der Waals surface area contributed by atoms with Crippen molar-refractivity contribution in [2.75, 3.05) is 7.11 Å². The van der Waals surface area contributed by atoms with Crippen molar-refractivity contribution in [1.29, 1.82) is 0 Å². The third-order valence-electron chi connectivity index (χ3n) is 1.93. The summed E-state index contributed by atoms with van der Waals surface area (Å²) in [5, 5.41) is 3.54. The van der Waals surface area contributed by atoms with Crippen molar-refractivity contribution in [1.82, 2.24) is 5.43 Å². The number of benzene rings is 1. The van der Waals surface area contributed by atoms with E-state index in [0.29, 0.717) is 5.76 Å². The van der Waals surface area contributed by atoms with Gasteiger partial charge in [-0.25, -0.2) is 5.43 Å². The molecule has 1 rings (SSSR count). The average Bonchev–Trinajstić information content (AvgIpc) is 2.38. The van der Waals surface area contributed by atoms with Crippen LogP contribution in [-0.2, 0) is 14.3 Å². The standard InChI is InChI=1S/C12H13N3O3/c1-18-10(7-9-5-3-2-4-6-9)8-14-15-12(17)11(13)16/h2-8H,1H3,(H2,13,16)(H,15,17). The zero-order chi connectivity index (χ0) is 13.4. The molecule has 0 radical (unpaired) electrons. The number of methoxy groups -OCH3 is 1. The molecule has 0 unspecified atom stereocenters. The second-order valence-electron chi connectivity index (χ2n) is 3.22. The van der Waals surface area contributed by atoms with E-state index in [9.17, 15) is 9.59 Å². The summed E-state index contributed by atoms with van der Waals surface area (Å²) in [5.41, 5.74) is 7.62. The van der Waals surface area contributed by atoms with Gasteiger partial charge in [0.2, 0.25) is 0 Å². The van der Waals surface area contributed by atoms with Crippen LogP contribution in [0.15, 0.2) is 41.2 Å². The smallest absolute Gasteiger partial charge is 0.329 e. The van der Waals surface area contributed by atoms with Gasteiger partial charge in [-0.05, 0) is 11.6 Å². The van der Waals surface area contributed by atoms with Crippen LogP contribution in [0.1, 0.15) is 5.56 Å². The highest BCUT2D eigenvalue weighted by Gasteiger charge is 2.05. The number of hydrogen-bond donors (Lipinski definition) is 2. The minimum atomic E-state index is -1.10. The van der Waals surface area contributed by atoms with Crippen LogP contribution in [0.2, 0.25) is 0 Å². The molecule has 0 saturated carbocycles. The highest BCUT2D eigenvalue weighted by Crippen LogP contribution is 2.05. The Balaban J connectivity index is 2.68. The first-order chi connectivity index (χ1) is 8.63. The molecule has 0 heterocycles. The number of nitrogens with zero attached hydrogens (tertiary/aromatic N) is 1. The Bertz CT molecular complexity index is 481. The number of primary amides is 1. The Labute approximate surface area is 104 Å². The molecular formula is C12H13N3O3. The molecule has 18 heavy (non-hydrogen) atoms. The van der Waals surface area contributed by atoms with Gasteiger partial charge in [0.1, 0.15) is 5.76 Å². The largest absolute Gasteiger partial charge is 0.495 e. The van der Waals surface area contributed by atoms with E-state index in [-0.39, 0.29) is 0 Å². The summed E-state index contributed by atoms with van der Waals surface area (Å²) in [6.07, 6.45) is 2.99. The van der Waals surface area contributed by atoms with E-state index in [0.717, 1.165) is 5.56 Å². The molecule has 1 aromatic carbocycles. The van der Waals surface area contributed by atoms with E-state index in [1.54, 1.807) is 6.08 Å². The average molecular weight is 247 g/mol. The maximum absolute atomic E-state index is 10.8. The van der Waals surface area contributed by atoms with Gasteiger partial charge in [-0.3, -0.25) is 9.59 Å². The first kappa shape index (κ1) is 13.4. The third-order valence-corrected chi connectivity index (χ3v) is 1.93. The topological polar surface area (TPSA) is 93.8 Å². The number of nitrogens with one attached hydrogen (secondary N) is 1. The maximum atomic E-state index is 10.8. The van der Waals surface area contributed by atoms with Crippen molar-refractivity contribution < 1.29 is 14.3 Å². The van der Waals surface area contributed by atoms with E-state index in [1.807, 2.05) is 35.8 Å². The predicted octanol–water partition coefficient (Wildman–Crippen LogP) is 0.261. The Morgan fingerprint density at radius 3 is 2.56 bits per heavy atom. The van der Waals surface area contributed by atoms with Gasteiger partial charge >= 0.3 is 11.8 Å². The molecular weight excluding hydrogens is 234 g/mol. The lowest BCUT2D eigenvalue weighted by Crippen LogP contribution is -2.32. The summed E-state index contributed by atoms with van der Waals surface area (Å²) in [5.74, 6) is -1.66. The minimum Gasteiger partial charge on any atom is -0.495 e. The first-order valence-electron chi connectivity index (χ1n) is 5.07. The van der Waals surface area contributed by atoms with Crippen molar-refractivity contribution in [3.05, 3.63) is 41.7 Å². The maximum Gasteiger partial charge on any atom is 0.329 e. The van der Waals surface area contributed by atoms with E-state index in [2.05, 4.69) is 5.10 Å². The molecule has 1 aromatic rings. The van der Waals surface area contributed by atoms with Crippen LogP contribution >= 0.6 is 0 Å². The molecule has 0 spiro atoms. The number of ether oxygens (including phenoxy) is 1. The molecule has 3 N–H and O–H groups in total. The second kappa shape index (κ2) is 6.85. The number of hydrogen-bond acceptors (Lipinski definition) is 4. The second-order valence-corrected chi connectivity index (χ2v) is 3.22. The van der Waals surface area contributed by atoms with E-state index in [1.165, 1.54) is 13.3 Å². The van der Waals surface area contributed by atoms with Crippen LogP contribution in [0.25, 0.3) is 6.08 Å². The number of rotatable bonds is 4. The quantitative estimate of drug-likeness (QED) is 0.346. The van der Waals surface area contributed by atoms with Gasteiger partial charge in [0.15, 0.2) is 0 Å². The molecule has 6 heteroatoms. The highest BCUT2D eigenvalue weighted by atomic mass is 16.5. The summed E-state index contributed by atoms with van der Waals surface area (Å²) < 4.78 is 5.04. The van der Waals surface area contributed by atoms with E-state index >= 15 is 0 Å². The fourth-order valence-electron chi connectivity index (χ4n) is 1.07. The highest BCUT2D eigenvalue weighted by molar-refractivity contribution is 6.34. The third kappa shape index (κ3) is 4.48. The number of allylic oxidation sites excluding steroid dienone is 1. The normalized spacial score (nSPS) is 11.3. The lowest BCUT2D eigenvalue weighted by atomic mass is 10.2. The fourth-order valence-corrected chi connectivity index (χ4v) is 1.07. The zero-order valence-corrected chi connectivity index (χ0v) is 9.79. The number of carbonyl (C=O) groups is 2. The Hall–Kier alpha value is -2.63. The van der Waals surface area contributed by atoms with Crippen LogP contribution in [-0.4, -0.2) is 25.1 Å². The molecule has 0 aliphatic heterocycles. The summed E-state index contributed by atoms with van der Waals surface area (Å²) in [6.45, 7) is 0. The van der Waals surface area contributed by atoms with Crippen molar-refractivity contribution >= 4 is 24.1 Å². The summed E-state index contributed by atoms with van der Waals surface area (Å²) in [7, 11) is 1.47. The first-order valence-corrected chi connectivity index (χ1v) is 5.07. The lowest BCUT2D eigenvalue weighted by molar-refractivity contribution is -0.137. The summed E-state index contributed by atoms with van der Waals surface area (Å²) in [6, 6.07) is 9.42. The van der Waals surface area contributed by atoms with Gasteiger partial charge in [0.25, 0.3) is 0 Å². The minimum absolute atomic E-state index is 0.422. The molecule has 0 aliphatic rings. The molecule has 0 aromatic heterocycles. The summed E-state index contributed by atoms with van der Waals surface area (Å²) in [4.78, 5) is 21.2. The van der Waals surface area contributed by atoms with Gasteiger partial charge in [0, 0.05) is 0 Å². The van der Waals surface area contributed by atoms with Crippen molar-refractivity contribution in [3.63, 3.8) is 0 Å². The number of amides is 2. The lowest BCUT2D eigenvalue weighted by Gasteiger charge is -2.00. The van der Waals surface area contributed by atoms with Gasteiger partial charge < -0.3 is 10.5 Å². The number of hydrazone groups is 1. The molecule has 0 aliphatic carbocycles. The van der Waals surface area contributed by atoms with Gasteiger partial charge in [-0.1, -0.05) is 30.3 Å².